The molecule has 3 rings (SSSR count). The van der Waals surface area contributed by atoms with Crippen molar-refractivity contribution >= 4 is 15.7 Å². The summed E-state index contributed by atoms with van der Waals surface area (Å²) in [6, 6.07) is 7.53. The van der Waals surface area contributed by atoms with Gasteiger partial charge in [0.2, 0.25) is 10.0 Å². The lowest BCUT2D eigenvalue weighted by molar-refractivity contribution is 0.563. The van der Waals surface area contributed by atoms with Gasteiger partial charge in [0.1, 0.15) is 4.90 Å². The lowest BCUT2D eigenvalue weighted by Gasteiger charge is -2.16. The van der Waals surface area contributed by atoms with Gasteiger partial charge < -0.3 is 11.1 Å². The number of para-hydroxylation sites is 1. The average Bonchev–Trinajstić information content (AvgIpc) is 3.15. The van der Waals surface area contributed by atoms with Gasteiger partial charge in [-0.25, -0.2) is 13.1 Å². The zero-order valence-electron chi connectivity index (χ0n) is 12.1. The van der Waals surface area contributed by atoms with Crippen LogP contribution in [0.4, 0.5) is 5.69 Å². The third kappa shape index (κ3) is 3.75. The Kier molecular flexibility index (Phi) is 4.19. The van der Waals surface area contributed by atoms with Crippen molar-refractivity contribution < 1.29 is 8.42 Å². The van der Waals surface area contributed by atoms with E-state index < -0.39 is 10.0 Å². The van der Waals surface area contributed by atoms with Gasteiger partial charge in [-0.15, -0.1) is 0 Å². The summed E-state index contributed by atoms with van der Waals surface area (Å²) in [5.41, 5.74) is 6.61. The highest BCUT2D eigenvalue weighted by molar-refractivity contribution is 7.89. The molecule has 0 saturated heterocycles. The molecule has 1 aromatic carbocycles. The van der Waals surface area contributed by atoms with E-state index in [0.717, 1.165) is 38.6 Å². The van der Waals surface area contributed by atoms with E-state index in [1.807, 2.05) is 12.1 Å². The van der Waals surface area contributed by atoms with E-state index in [0.29, 0.717) is 22.5 Å². The van der Waals surface area contributed by atoms with E-state index in [-0.39, 0.29) is 6.04 Å². The molecule has 4 N–H and O–H groups in total. The first kappa shape index (κ1) is 14.8. The number of benzene rings is 1. The second-order valence-corrected chi connectivity index (χ2v) is 7.89. The van der Waals surface area contributed by atoms with Gasteiger partial charge in [-0.2, -0.15) is 0 Å². The van der Waals surface area contributed by atoms with E-state index >= 15 is 0 Å². The molecule has 2 atom stereocenters. The van der Waals surface area contributed by atoms with Crippen molar-refractivity contribution in [2.45, 2.75) is 49.1 Å². The summed E-state index contributed by atoms with van der Waals surface area (Å²) >= 11 is 0. The summed E-state index contributed by atoms with van der Waals surface area (Å²) in [6.45, 7) is 0.781. The van der Waals surface area contributed by atoms with Gasteiger partial charge in [0.15, 0.2) is 0 Å². The Hall–Kier alpha value is -1.11. The first-order chi connectivity index (χ1) is 10.0. The molecule has 5 nitrogen and oxygen atoms in total. The number of anilines is 1. The molecule has 0 radical (unpaired) electrons. The van der Waals surface area contributed by atoms with Crippen LogP contribution in [0.2, 0.25) is 0 Å². The zero-order valence-corrected chi connectivity index (χ0v) is 12.9. The van der Waals surface area contributed by atoms with E-state index in [9.17, 15) is 8.42 Å². The molecule has 0 bridgehead atoms. The molecule has 2 fully saturated rings. The highest BCUT2D eigenvalue weighted by atomic mass is 32.2. The topological polar surface area (TPSA) is 84.2 Å². The minimum absolute atomic E-state index is 0.121. The lowest BCUT2D eigenvalue weighted by atomic mass is 10.1. The van der Waals surface area contributed by atoms with Gasteiger partial charge in [0, 0.05) is 18.6 Å². The van der Waals surface area contributed by atoms with Crippen molar-refractivity contribution in [2.75, 3.05) is 11.9 Å². The van der Waals surface area contributed by atoms with Gasteiger partial charge in [0.05, 0.1) is 5.69 Å². The van der Waals surface area contributed by atoms with Crippen molar-refractivity contribution in [3.63, 3.8) is 0 Å². The van der Waals surface area contributed by atoms with Crippen LogP contribution in [0.3, 0.4) is 0 Å². The van der Waals surface area contributed by atoms with Crippen molar-refractivity contribution in [1.82, 2.24) is 4.72 Å². The van der Waals surface area contributed by atoms with Crippen molar-refractivity contribution in [3.05, 3.63) is 24.3 Å². The second-order valence-electron chi connectivity index (χ2n) is 6.21. The number of sulfonamides is 1. The largest absolute Gasteiger partial charge is 0.384 e. The summed E-state index contributed by atoms with van der Waals surface area (Å²) in [4.78, 5) is 0.346. The number of hydrogen-bond donors (Lipinski definition) is 3. The maximum Gasteiger partial charge on any atom is 0.242 e. The number of nitrogens with one attached hydrogen (secondary N) is 2. The molecule has 0 aromatic heterocycles. The summed E-state index contributed by atoms with van der Waals surface area (Å²) < 4.78 is 27.5. The van der Waals surface area contributed by atoms with E-state index in [4.69, 9.17) is 5.73 Å². The highest BCUT2D eigenvalue weighted by Gasteiger charge is 2.29. The number of hydrogen-bond acceptors (Lipinski definition) is 4. The Morgan fingerprint density at radius 1 is 1.14 bits per heavy atom. The molecule has 0 aliphatic heterocycles. The van der Waals surface area contributed by atoms with Crippen LogP contribution >= 0.6 is 0 Å². The van der Waals surface area contributed by atoms with E-state index in [2.05, 4.69) is 10.0 Å². The standard InChI is InChI=1S/C15H23N3O2S/c16-12-6-5-11(9-12)10-17-14-3-1-2-4-15(14)21(19,20)18-13-7-8-13/h1-4,11-13,17-18H,5-10,16H2. The van der Waals surface area contributed by atoms with Crippen LogP contribution in [0, 0.1) is 5.92 Å². The lowest BCUT2D eigenvalue weighted by Crippen LogP contribution is -2.27. The first-order valence-electron chi connectivity index (χ1n) is 7.65. The second kappa shape index (κ2) is 5.94. The van der Waals surface area contributed by atoms with Gasteiger partial charge in [0.25, 0.3) is 0 Å². The maximum atomic E-state index is 12.4. The number of rotatable bonds is 6. The Morgan fingerprint density at radius 3 is 2.57 bits per heavy atom. The highest BCUT2D eigenvalue weighted by Crippen LogP contribution is 2.28. The molecular weight excluding hydrogens is 286 g/mol. The minimum atomic E-state index is -3.42. The minimum Gasteiger partial charge on any atom is -0.384 e. The van der Waals surface area contributed by atoms with Crippen LogP contribution in [0.5, 0.6) is 0 Å². The third-order valence-electron chi connectivity index (χ3n) is 4.24. The van der Waals surface area contributed by atoms with E-state index in [1.165, 1.54) is 0 Å². The van der Waals surface area contributed by atoms with Crippen LogP contribution in [-0.2, 0) is 10.0 Å². The predicted molar refractivity (Wildman–Crippen MR) is 83.6 cm³/mol. The average molecular weight is 309 g/mol. The van der Waals surface area contributed by atoms with Crippen LogP contribution in [0.15, 0.2) is 29.2 Å². The van der Waals surface area contributed by atoms with Gasteiger partial charge in [-0.3, -0.25) is 0 Å². The molecule has 1 aromatic rings. The fourth-order valence-electron chi connectivity index (χ4n) is 2.88. The zero-order chi connectivity index (χ0) is 14.9. The van der Waals surface area contributed by atoms with Gasteiger partial charge in [-0.05, 0) is 50.2 Å². The summed E-state index contributed by atoms with van der Waals surface area (Å²) in [5, 5.41) is 3.30. The Bertz CT molecular complexity index is 599. The molecule has 0 amide bonds. The van der Waals surface area contributed by atoms with Crippen molar-refractivity contribution in [2.24, 2.45) is 11.7 Å². The summed E-state index contributed by atoms with van der Waals surface area (Å²) in [5.74, 6) is 0.534. The van der Waals surface area contributed by atoms with Crippen molar-refractivity contribution in [3.8, 4) is 0 Å². The first-order valence-corrected chi connectivity index (χ1v) is 9.14. The van der Waals surface area contributed by atoms with Crippen LogP contribution < -0.4 is 15.8 Å². The SMILES string of the molecule is NC1CCC(CNc2ccccc2S(=O)(=O)NC2CC2)C1. The Morgan fingerprint density at radius 2 is 1.90 bits per heavy atom. The fourth-order valence-corrected chi connectivity index (χ4v) is 4.37. The molecule has 2 aliphatic carbocycles. The maximum absolute atomic E-state index is 12.4. The monoisotopic (exact) mass is 309 g/mol. The Balaban J connectivity index is 1.70. The van der Waals surface area contributed by atoms with Crippen molar-refractivity contribution in [1.29, 1.82) is 0 Å². The van der Waals surface area contributed by atoms with Gasteiger partial charge in [-0.1, -0.05) is 12.1 Å². The molecule has 2 unspecified atom stereocenters. The summed E-state index contributed by atoms with van der Waals surface area (Å²) in [7, 11) is -3.42. The number of nitrogens with two attached hydrogens (primary N) is 1. The Labute approximate surface area is 126 Å². The molecule has 6 heteroatoms. The molecule has 2 aliphatic rings. The van der Waals surface area contributed by atoms with Crippen LogP contribution in [0.1, 0.15) is 32.1 Å². The smallest absolute Gasteiger partial charge is 0.242 e. The van der Waals surface area contributed by atoms with E-state index in [1.54, 1.807) is 12.1 Å². The summed E-state index contributed by atoms with van der Waals surface area (Å²) in [6.07, 6.45) is 5.07. The molecular formula is C15H23N3O2S. The third-order valence-corrected chi connectivity index (χ3v) is 5.82. The molecule has 2 saturated carbocycles. The predicted octanol–water partition coefficient (Wildman–Crippen LogP) is 1.67. The molecule has 21 heavy (non-hydrogen) atoms. The normalized spacial score (nSPS) is 26.0. The van der Waals surface area contributed by atoms with Gasteiger partial charge >= 0.3 is 0 Å². The molecule has 0 spiro atoms. The quantitative estimate of drug-likeness (QED) is 0.746. The molecule has 0 heterocycles. The van der Waals surface area contributed by atoms with Crippen LogP contribution in [0.25, 0.3) is 0 Å². The van der Waals surface area contributed by atoms with Crippen LogP contribution in [-0.4, -0.2) is 27.0 Å². The molecule has 116 valence electrons. The fraction of sp³-hybridized carbons (Fsp3) is 0.600.